The Morgan fingerprint density at radius 1 is 1.47 bits per heavy atom. The van der Waals surface area contributed by atoms with Gasteiger partial charge in [-0.3, -0.25) is 0 Å². The van der Waals surface area contributed by atoms with E-state index >= 15 is 0 Å². The highest BCUT2D eigenvalue weighted by molar-refractivity contribution is 5.41. The lowest BCUT2D eigenvalue weighted by molar-refractivity contribution is 0.195. The molecule has 84 valence electrons. The first-order valence-corrected chi connectivity index (χ1v) is 5.11. The minimum Gasteiger partial charge on any atom is -0.496 e. The van der Waals surface area contributed by atoms with Crippen molar-refractivity contribution < 1.29 is 14.2 Å². The van der Waals surface area contributed by atoms with Crippen molar-refractivity contribution in [2.75, 3.05) is 7.11 Å². The number of aliphatic hydroxyl groups is 1. The van der Waals surface area contributed by atoms with Gasteiger partial charge < -0.3 is 9.84 Å². The van der Waals surface area contributed by atoms with Gasteiger partial charge in [-0.05, 0) is 37.0 Å². The van der Waals surface area contributed by atoms with Gasteiger partial charge >= 0.3 is 0 Å². The molecule has 0 saturated carbocycles. The largest absolute Gasteiger partial charge is 0.496 e. The molecule has 1 rings (SSSR count). The molecule has 0 fully saturated rings. The van der Waals surface area contributed by atoms with Crippen molar-refractivity contribution in [2.24, 2.45) is 0 Å². The molecule has 0 amide bonds. The Morgan fingerprint density at radius 3 is 2.60 bits per heavy atom. The summed E-state index contributed by atoms with van der Waals surface area (Å²) in [6.45, 7) is 3.68. The van der Waals surface area contributed by atoms with E-state index in [1.807, 2.05) is 6.92 Å². The van der Waals surface area contributed by atoms with E-state index in [2.05, 4.69) is 0 Å². The number of hydrogen-bond acceptors (Lipinski definition) is 2. The zero-order valence-corrected chi connectivity index (χ0v) is 9.38. The first-order chi connectivity index (χ1) is 7.08. The lowest BCUT2D eigenvalue weighted by Crippen LogP contribution is -2.08. The highest BCUT2D eigenvalue weighted by atomic mass is 19.1. The molecular weight excluding hydrogens is 195 g/mol. The van der Waals surface area contributed by atoms with Gasteiger partial charge in [-0.25, -0.2) is 4.39 Å². The molecule has 0 saturated heterocycles. The van der Waals surface area contributed by atoms with E-state index in [0.29, 0.717) is 12.2 Å². The Labute approximate surface area is 89.7 Å². The second-order valence-electron chi connectivity index (χ2n) is 3.65. The topological polar surface area (TPSA) is 29.5 Å². The first kappa shape index (κ1) is 12.0. The van der Waals surface area contributed by atoms with Crippen molar-refractivity contribution in [1.29, 1.82) is 0 Å². The summed E-state index contributed by atoms with van der Waals surface area (Å²) in [7, 11) is 1.53. The van der Waals surface area contributed by atoms with Gasteiger partial charge in [-0.2, -0.15) is 0 Å². The summed E-state index contributed by atoms with van der Waals surface area (Å²) in [5.74, 6) is 0.243. The zero-order chi connectivity index (χ0) is 11.4. The minimum atomic E-state index is -0.471. The number of halogens is 1. The van der Waals surface area contributed by atoms with E-state index in [1.165, 1.54) is 19.2 Å². The number of hydrogen-bond donors (Lipinski definition) is 1. The molecule has 15 heavy (non-hydrogen) atoms. The molecule has 0 heterocycles. The molecular formula is C12H17FO2. The Morgan fingerprint density at radius 2 is 2.13 bits per heavy atom. The van der Waals surface area contributed by atoms with E-state index in [-0.39, 0.29) is 5.82 Å². The van der Waals surface area contributed by atoms with Crippen LogP contribution in [0.5, 0.6) is 5.75 Å². The summed E-state index contributed by atoms with van der Waals surface area (Å²) < 4.78 is 18.3. The zero-order valence-electron chi connectivity index (χ0n) is 9.38. The first-order valence-electron chi connectivity index (χ1n) is 5.11. The van der Waals surface area contributed by atoms with Crippen LogP contribution in [0.1, 0.15) is 25.0 Å². The SMILES string of the molecule is CCc1c(CC(C)O)cc(F)cc1OC. The number of ether oxygens (including phenoxy) is 1. The molecule has 3 heteroatoms. The van der Waals surface area contributed by atoms with Crippen molar-refractivity contribution >= 4 is 0 Å². The lowest BCUT2D eigenvalue weighted by atomic mass is 9.99. The van der Waals surface area contributed by atoms with E-state index in [4.69, 9.17) is 4.74 Å². The van der Waals surface area contributed by atoms with Gasteiger partial charge in [-0.15, -0.1) is 0 Å². The van der Waals surface area contributed by atoms with Crippen LogP contribution in [-0.2, 0) is 12.8 Å². The third kappa shape index (κ3) is 2.93. The molecule has 0 spiro atoms. The summed E-state index contributed by atoms with van der Waals surface area (Å²) in [4.78, 5) is 0. The smallest absolute Gasteiger partial charge is 0.127 e. The molecule has 0 radical (unpaired) electrons. The van der Waals surface area contributed by atoms with E-state index in [1.54, 1.807) is 6.92 Å². The van der Waals surface area contributed by atoms with Crippen molar-refractivity contribution in [3.8, 4) is 5.75 Å². The van der Waals surface area contributed by atoms with Crippen LogP contribution in [0.3, 0.4) is 0 Å². The maximum absolute atomic E-state index is 13.2. The summed E-state index contributed by atoms with van der Waals surface area (Å²) in [5.41, 5.74) is 1.80. The van der Waals surface area contributed by atoms with Crippen molar-refractivity contribution in [3.63, 3.8) is 0 Å². The van der Waals surface area contributed by atoms with Crippen LogP contribution < -0.4 is 4.74 Å². The average molecular weight is 212 g/mol. The van der Waals surface area contributed by atoms with Gasteiger partial charge in [0.2, 0.25) is 0 Å². The second kappa shape index (κ2) is 5.12. The Kier molecular flexibility index (Phi) is 4.09. The van der Waals surface area contributed by atoms with E-state index in [9.17, 15) is 9.50 Å². The number of benzene rings is 1. The monoisotopic (exact) mass is 212 g/mol. The molecule has 0 aliphatic carbocycles. The van der Waals surface area contributed by atoms with Crippen LogP contribution in [0.15, 0.2) is 12.1 Å². The van der Waals surface area contributed by atoms with E-state index in [0.717, 1.165) is 17.5 Å². The highest BCUT2D eigenvalue weighted by Gasteiger charge is 2.11. The summed E-state index contributed by atoms with van der Waals surface area (Å²) in [5, 5.41) is 9.32. The molecule has 1 aromatic rings. The molecule has 1 atom stereocenters. The predicted octanol–water partition coefficient (Wildman–Crippen LogP) is 2.32. The normalized spacial score (nSPS) is 12.6. The van der Waals surface area contributed by atoms with E-state index < -0.39 is 6.10 Å². The molecule has 0 aliphatic rings. The van der Waals surface area contributed by atoms with Crippen LogP contribution in [0.2, 0.25) is 0 Å². The molecule has 0 bridgehead atoms. The number of aliphatic hydroxyl groups excluding tert-OH is 1. The van der Waals surface area contributed by atoms with Crippen LogP contribution in [0, 0.1) is 5.82 Å². The van der Waals surface area contributed by atoms with Gasteiger partial charge in [0.05, 0.1) is 13.2 Å². The fraction of sp³-hybridized carbons (Fsp3) is 0.500. The van der Waals surface area contributed by atoms with Crippen LogP contribution in [0.4, 0.5) is 4.39 Å². The fourth-order valence-corrected chi connectivity index (χ4v) is 1.75. The van der Waals surface area contributed by atoms with Gasteiger partial charge in [0.1, 0.15) is 11.6 Å². The molecule has 0 aliphatic heterocycles. The third-order valence-electron chi connectivity index (χ3n) is 2.35. The summed E-state index contributed by atoms with van der Waals surface area (Å²) >= 11 is 0. The van der Waals surface area contributed by atoms with Crippen molar-refractivity contribution in [3.05, 3.63) is 29.1 Å². The Hall–Kier alpha value is -1.09. The van der Waals surface area contributed by atoms with Gasteiger partial charge in [-0.1, -0.05) is 6.92 Å². The second-order valence-corrected chi connectivity index (χ2v) is 3.65. The predicted molar refractivity (Wildman–Crippen MR) is 57.7 cm³/mol. The molecule has 1 unspecified atom stereocenters. The molecule has 2 nitrogen and oxygen atoms in total. The highest BCUT2D eigenvalue weighted by Crippen LogP contribution is 2.25. The minimum absolute atomic E-state index is 0.320. The Balaban J connectivity index is 3.16. The van der Waals surface area contributed by atoms with Crippen molar-refractivity contribution in [2.45, 2.75) is 32.8 Å². The molecule has 1 N–H and O–H groups in total. The average Bonchev–Trinajstić information content (AvgIpc) is 2.15. The van der Waals surface area contributed by atoms with Gasteiger partial charge in [0.25, 0.3) is 0 Å². The van der Waals surface area contributed by atoms with Gasteiger partial charge in [0, 0.05) is 6.07 Å². The van der Waals surface area contributed by atoms with Crippen molar-refractivity contribution in [1.82, 2.24) is 0 Å². The van der Waals surface area contributed by atoms with Crippen LogP contribution in [0.25, 0.3) is 0 Å². The van der Waals surface area contributed by atoms with Gasteiger partial charge in [0.15, 0.2) is 0 Å². The van der Waals surface area contributed by atoms with Crippen LogP contribution >= 0.6 is 0 Å². The third-order valence-corrected chi connectivity index (χ3v) is 2.35. The summed E-state index contributed by atoms with van der Waals surface area (Å²) in [6, 6.07) is 2.85. The maximum Gasteiger partial charge on any atom is 0.127 e. The number of methoxy groups -OCH3 is 1. The molecule has 0 aromatic heterocycles. The summed E-state index contributed by atoms with van der Waals surface area (Å²) in [6.07, 6.45) is 0.754. The fourth-order valence-electron chi connectivity index (χ4n) is 1.75. The maximum atomic E-state index is 13.2. The quantitative estimate of drug-likeness (QED) is 0.830. The lowest BCUT2D eigenvalue weighted by Gasteiger charge is -2.14. The van der Waals surface area contributed by atoms with Crippen LogP contribution in [-0.4, -0.2) is 18.3 Å². The number of rotatable bonds is 4. The standard InChI is InChI=1S/C12H17FO2/c1-4-11-9(5-8(2)14)6-10(13)7-12(11)15-3/h6-8,14H,4-5H2,1-3H3. The molecule has 1 aromatic carbocycles. The Bertz CT molecular complexity index is 335.